The van der Waals surface area contributed by atoms with Crippen LogP contribution in [0.5, 0.6) is 0 Å². The van der Waals surface area contributed by atoms with Crippen LogP contribution in [-0.4, -0.2) is 60.1 Å². The first-order valence-corrected chi connectivity index (χ1v) is 8.94. The highest BCUT2D eigenvalue weighted by Gasteiger charge is 2.40. The van der Waals surface area contributed by atoms with Gasteiger partial charge in [-0.15, -0.1) is 0 Å². The third-order valence-electron chi connectivity index (χ3n) is 6.00. The van der Waals surface area contributed by atoms with Crippen molar-refractivity contribution in [3.05, 3.63) is 0 Å². The van der Waals surface area contributed by atoms with Gasteiger partial charge in [-0.2, -0.15) is 0 Å². The Kier molecular flexibility index (Phi) is 4.68. The molecule has 0 bridgehead atoms. The standard InChI is InChI=1S/C17H33N3/c1-4-9-18-17-8-11-20(14(3)13(17)2)16-7-10-19(12-16)15-5-6-15/h13-18H,4-12H2,1-3H3. The number of hydrogen-bond acceptors (Lipinski definition) is 3. The number of nitrogens with zero attached hydrogens (tertiary/aromatic N) is 2. The van der Waals surface area contributed by atoms with E-state index in [1.54, 1.807) is 0 Å². The van der Waals surface area contributed by atoms with E-state index >= 15 is 0 Å². The van der Waals surface area contributed by atoms with Crippen LogP contribution in [0.4, 0.5) is 0 Å². The van der Waals surface area contributed by atoms with E-state index in [4.69, 9.17) is 0 Å². The summed E-state index contributed by atoms with van der Waals surface area (Å²) in [6, 6.07) is 3.26. The lowest BCUT2D eigenvalue weighted by molar-refractivity contribution is 0.0490. The van der Waals surface area contributed by atoms with Gasteiger partial charge in [0.1, 0.15) is 0 Å². The highest BCUT2D eigenvalue weighted by molar-refractivity contribution is 4.97. The third kappa shape index (κ3) is 3.05. The predicted molar refractivity (Wildman–Crippen MR) is 85.0 cm³/mol. The highest BCUT2D eigenvalue weighted by atomic mass is 15.3. The van der Waals surface area contributed by atoms with Crippen LogP contribution in [0.2, 0.25) is 0 Å². The Morgan fingerprint density at radius 2 is 1.80 bits per heavy atom. The summed E-state index contributed by atoms with van der Waals surface area (Å²) < 4.78 is 0. The molecule has 2 saturated heterocycles. The minimum absolute atomic E-state index is 0.738. The Labute approximate surface area is 125 Å². The molecule has 1 saturated carbocycles. The van der Waals surface area contributed by atoms with Crippen LogP contribution in [-0.2, 0) is 0 Å². The fraction of sp³-hybridized carbons (Fsp3) is 1.00. The van der Waals surface area contributed by atoms with Gasteiger partial charge in [-0.1, -0.05) is 13.8 Å². The normalized spacial score (nSPS) is 40.4. The molecule has 3 aliphatic rings. The van der Waals surface area contributed by atoms with E-state index in [9.17, 15) is 0 Å². The molecule has 3 nitrogen and oxygen atoms in total. The molecule has 3 rings (SSSR count). The van der Waals surface area contributed by atoms with E-state index in [1.807, 2.05) is 0 Å². The molecule has 0 spiro atoms. The number of rotatable bonds is 5. The van der Waals surface area contributed by atoms with E-state index in [1.165, 1.54) is 58.3 Å². The van der Waals surface area contributed by atoms with Crippen LogP contribution in [0.25, 0.3) is 0 Å². The summed E-state index contributed by atoms with van der Waals surface area (Å²) in [6.07, 6.45) is 6.91. The zero-order valence-electron chi connectivity index (χ0n) is 13.6. The minimum Gasteiger partial charge on any atom is -0.314 e. The van der Waals surface area contributed by atoms with Gasteiger partial charge in [0.05, 0.1) is 0 Å². The summed E-state index contributed by atoms with van der Waals surface area (Å²) in [7, 11) is 0. The van der Waals surface area contributed by atoms with E-state index in [-0.39, 0.29) is 0 Å². The first-order chi connectivity index (χ1) is 9.70. The summed E-state index contributed by atoms with van der Waals surface area (Å²) >= 11 is 0. The van der Waals surface area contributed by atoms with Gasteiger partial charge in [-0.25, -0.2) is 0 Å². The molecule has 0 amide bonds. The molecule has 1 N–H and O–H groups in total. The first kappa shape index (κ1) is 14.8. The van der Waals surface area contributed by atoms with E-state index < -0.39 is 0 Å². The number of piperidine rings is 1. The van der Waals surface area contributed by atoms with Crippen molar-refractivity contribution < 1.29 is 0 Å². The zero-order valence-corrected chi connectivity index (χ0v) is 13.6. The Bertz CT molecular complexity index is 315. The van der Waals surface area contributed by atoms with E-state index in [2.05, 4.69) is 35.9 Å². The molecule has 4 atom stereocenters. The third-order valence-corrected chi connectivity index (χ3v) is 6.00. The highest BCUT2D eigenvalue weighted by Crippen LogP contribution is 2.34. The summed E-state index contributed by atoms with van der Waals surface area (Å²) in [5.74, 6) is 0.783. The molecule has 3 heteroatoms. The van der Waals surface area contributed by atoms with Crippen molar-refractivity contribution in [2.24, 2.45) is 5.92 Å². The van der Waals surface area contributed by atoms with Crippen LogP contribution in [0.15, 0.2) is 0 Å². The lowest BCUT2D eigenvalue weighted by atomic mass is 9.85. The zero-order chi connectivity index (χ0) is 14.1. The molecule has 0 aromatic carbocycles. The lowest BCUT2D eigenvalue weighted by Gasteiger charge is -2.46. The molecule has 0 aromatic heterocycles. The molecular weight excluding hydrogens is 246 g/mol. The van der Waals surface area contributed by atoms with Crippen LogP contribution < -0.4 is 5.32 Å². The Balaban J connectivity index is 1.53. The smallest absolute Gasteiger partial charge is 0.0238 e. The van der Waals surface area contributed by atoms with E-state index in [0.717, 1.165) is 30.1 Å². The fourth-order valence-corrected chi connectivity index (χ4v) is 4.34. The quantitative estimate of drug-likeness (QED) is 0.833. The van der Waals surface area contributed by atoms with Crippen molar-refractivity contribution in [3.8, 4) is 0 Å². The largest absolute Gasteiger partial charge is 0.314 e. The lowest BCUT2D eigenvalue weighted by Crippen LogP contribution is -2.56. The van der Waals surface area contributed by atoms with Crippen molar-refractivity contribution in [3.63, 3.8) is 0 Å². The van der Waals surface area contributed by atoms with Gasteiger partial charge < -0.3 is 5.32 Å². The molecule has 4 unspecified atom stereocenters. The van der Waals surface area contributed by atoms with Crippen LogP contribution in [0, 0.1) is 5.92 Å². The van der Waals surface area contributed by atoms with Gasteiger partial charge >= 0.3 is 0 Å². The molecule has 1 aliphatic carbocycles. The van der Waals surface area contributed by atoms with Crippen molar-refractivity contribution in [2.75, 3.05) is 26.2 Å². The monoisotopic (exact) mass is 279 g/mol. The molecule has 0 aromatic rings. The van der Waals surface area contributed by atoms with Gasteiger partial charge in [0.2, 0.25) is 0 Å². The molecule has 2 aliphatic heterocycles. The van der Waals surface area contributed by atoms with Crippen LogP contribution in [0.3, 0.4) is 0 Å². The van der Waals surface area contributed by atoms with Gasteiger partial charge in [-0.05, 0) is 51.5 Å². The predicted octanol–water partition coefficient (Wildman–Crippen LogP) is 2.32. The number of hydrogen-bond donors (Lipinski definition) is 1. The molecule has 2 heterocycles. The summed E-state index contributed by atoms with van der Waals surface area (Å²) in [6.45, 7) is 12.4. The second kappa shape index (κ2) is 6.33. The minimum atomic E-state index is 0.738. The number of nitrogens with one attached hydrogen (secondary N) is 1. The topological polar surface area (TPSA) is 18.5 Å². The molecule has 0 radical (unpaired) electrons. The average molecular weight is 279 g/mol. The second-order valence-electron chi connectivity index (χ2n) is 7.36. The maximum atomic E-state index is 3.76. The Morgan fingerprint density at radius 1 is 1.00 bits per heavy atom. The SMILES string of the molecule is CCCNC1CCN(C2CCN(C3CC3)C2)C(C)C1C. The summed E-state index contributed by atoms with van der Waals surface area (Å²) in [4.78, 5) is 5.58. The first-order valence-electron chi connectivity index (χ1n) is 8.94. The maximum absolute atomic E-state index is 3.76. The molecule has 116 valence electrons. The molecular formula is C17H33N3. The van der Waals surface area contributed by atoms with Gasteiger partial charge in [0.25, 0.3) is 0 Å². The van der Waals surface area contributed by atoms with Crippen molar-refractivity contribution in [1.29, 1.82) is 0 Å². The van der Waals surface area contributed by atoms with Crippen LogP contribution >= 0.6 is 0 Å². The maximum Gasteiger partial charge on any atom is 0.0238 e. The van der Waals surface area contributed by atoms with Crippen molar-refractivity contribution >= 4 is 0 Å². The number of likely N-dealkylation sites (tertiary alicyclic amines) is 2. The van der Waals surface area contributed by atoms with Crippen molar-refractivity contribution in [1.82, 2.24) is 15.1 Å². The summed E-state index contributed by atoms with van der Waals surface area (Å²) in [5, 5.41) is 3.76. The van der Waals surface area contributed by atoms with Gasteiger partial charge in [0, 0.05) is 43.8 Å². The fourth-order valence-electron chi connectivity index (χ4n) is 4.34. The van der Waals surface area contributed by atoms with Crippen molar-refractivity contribution in [2.45, 2.75) is 77.0 Å². The Morgan fingerprint density at radius 3 is 2.50 bits per heavy atom. The molecule has 3 fully saturated rings. The van der Waals surface area contributed by atoms with Crippen LogP contribution in [0.1, 0.15) is 52.9 Å². The van der Waals surface area contributed by atoms with Gasteiger partial charge in [0.15, 0.2) is 0 Å². The Hall–Kier alpha value is -0.120. The van der Waals surface area contributed by atoms with E-state index in [0.29, 0.717) is 0 Å². The summed E-state index contributed by atoms with van der Waals surface area (Å²) in [5.41, 5.74) is 0. The average Bonchev–Trinajstić information content (AvgIpc) is 3.19. The second-order valence-corrected chi connectivity index (χ2v) is 7.36. The van der Waals surface area contributed by atoms with Gasteiger partial charge in [-0.3, -0.25) is 9.80 Å². The molecule has 20 heavy (non-hydrogen) atoms.